The molecule has 0 saturated heterocycles. The Bertz CT molecular complexity index is 539. The van der Waals surface area contributed by atoms with E-state index in [0.29, 0.717) is 5.88 Å². The molecule has 19 heavy (non-hydrogen) atoms. The molecule has 0 amide bonds. The lowest BCUT2D eigenvalue weighted by atomic mass is 10.3. The van der Waals surface area contributed by atoms with Gasteiger partial charge in [0.15, 0.2) is 5.65 Å². The van der Waals surface area contributed by atoms with Crippen LogP contribution in [0.3, 0.4) is 0 Å². The minimum atomic E-state index is 0.584. The van der Waals surface area contributed by atoms with Gasteiger partial charge in [0.2, 0.25) is 0 Å². The van der Waals surface area contributed by atoms with Crippen LogP contribution in [0.15, 0.2) is 12.3 Å². The van der Waals surface area contributed by atoms with Crippen LogP contribution in [0.4, 0.5) is 0 Å². The monoisotopic (exact) mass is 281 g/mol. The molecule has 2 aromatic heterocycles. The maximum absolute atomic E-state index is 5.86. The van der Waals surface area contributed by atoms with E-state index < -0.39 is 0 Å². The maximum Gasteiger partial charge on any atom is 0.160 e. The molecule has 0 fully saturated rings. The molecule has 0 atom stereocenters. The summed E-state index contributed by atoms with van der Waals surface area (Å²) in [5.41, 5.74) is 3.06. The highest BCUT2D eigenvalue weighted by Crippen LogP contribution is 2.17. The highest BCUT2D eigenvalue weighted by molar-refractivity contribution is 6.17. The summed E-state index contributed by atoms with van der Waals surface area (Å²) < 4.78 is 7.27. The Morgan fingerprint density at radius 3 is 2.95 bits per heavy atom. The molecule has 0 radical (unpaired) electrons. The Hall–Kier alpha value is -1.13. The summed E-state index contributed by atoms with van der Waals surface area (Å²) in [6.07, 6.45) is 4.77. The van der Waals surface area contributed by atoms with E-state index in [1.54, 1.807) is 7.11 Å². The molecule has 0 aliphatic rings. The lowest BCUT2D eigenvalue weighted by Crippen LogP contribution is -2.06. The number of hydrogen-bond acceptors (Lipinski definition) is 3. The quantitative estimate of drug-likeness (QED) is 0.579. The van der Waals surface area contributed by atoms with Gasteiger partial charge in [0.1, 0.15) is 11.3 Å². The van der Waals surface area contributed by atoms with Crippen LogP contribution in [0, 0.1) is 6.92 Å². The largest absolute Gasteiger partial charge is 0.385 e. The lowest BCUT2D eigenvalue weighted by Gasteiger charge is -2.07. The summed E-state index contributed by atoms with van der Waals surface area (Å²) >= 11 is 5.86. The van der Waals surface area contributed by atoms with Crippen molar-refractivity contribution in [1.29, 1.82) is 0 Å². The van der Waals surface area contributed by atoms with Crippen LogP contribution >= 0.6 is 11.6 Å². The van der Waals surface area contributed by atoms with Gasteiger partial charge < -0.3 is 9.30 Å². The van der Waals surface area contributed by atoms with Gasteiger partial charge in [-0.3, -0.25) is 0 Å². The van der Waals surface area contributed by atoms with Gasteiger partial charge in [-0.1, -0.05) is 0 Å². The van der Waals surface area contributed by atoms with Gasteiger partial charge in [-0.25, -0.2) is 9.97 Å². The molecule has 2 rings (SSSR count). The number of imidazole rings is 1. The molecule has 0 aromatic carbocycles. The van der Waals surface area contributed by atoms with Crippen molar-refractivity contribution in [2.24, 2.45) is 0 Å². The van der Waals surface area contributed by atoms with Gasteiger partial charge in [-0.05, 0) is 31.4 Å². The Kier molecular flexibility index (Phi) is 5.16. The number of alkyl halides is 1. The second-order valence-electron chi connectivity index (χ2n) is 4.67. The lowest BCUT2D eigenvalue weighted by molar-refractivity contribution is 0.191. The van der Waals surface area contributed by atoms with Crippen molar-refractivity contribution < 1.29 is 4.74 Å². The normalized spacial score (nSPS) is 11.3. The zero-order valence-corrected chi connectivity index (χ0v) is 12.3. The van der Waals surface area contributed by atoms with E-state index >= 15 is 0 Å². The SMILES string of the molecule is COCCCCn1c(CCCl)nc2cc(C)cnc21. The number of ether oxygens (including phenoxy) is 1. The standard InChI is InChI=1S/C14H20ClN3O/c1-11-9-12-14(16-10-11)18(7-3-4-8-19-2)13(17-12)5-6-15/h9-10H,3-8H2,1-2H3. The minimum absolute atomic E-state index is 0.584. The Balaban J connectivity index is 2.24. The number of aryl methyl sites for hydroxylation is 3. The smallest absolute Gasteiger partial charge is 0.160 e. The fourth-order valence-corrected chi connectivity index (χ4v) is 2.35. The van der Waals surface area contributed by atoms with E-state index in [9.17, 15) is 0 Å². The van der Waals surface area contributed by atoms with Gasteiger partial charge in [-0.2, -0.15) is 0 Å². The van der Waals surface area contributed by atoms with E-state index in [4.69, 9.17) is 16.3 Å². The van der Waals surface area contributed by atoms with Crippen LogP contribution in [-0.4, -0.2) is 34.1 Å². The van der Waals surface area contributed by atoms with Crippen molar-refractivity contribution >= 4 is 22.8 Å². The zero-order chi connectivity index (χ0) is 13.7. The Labute approximate surface area is 118 Å². The fraction of sp³-hybridized carbons (Fsp3) is 0.571. The summed E-state index contributed by atoms with van der Waals surface area (Å²) in [6, 6.07) is 2.08. The highest BCUT2D eigenvalue weighted by atomic mass is 35.5. The second kappa shape index (κ2) is 6.87. The van der Waals surface area contributed by atoms with Gasteiger partial charge in [0.05, 0.1) is 0 Å². The summed E-state index contributed by atoms with van der Waals surface area (Å²) in [4.78, 5) is 9.16. The van der Waals surface area contributed by atoms with Crippen molar-refractivity contribution in [3.8, 4) is 0 Å². The van der Waals surface area contributed by atoms with E-state index in [-0.39, 0.29) is 0 Å². The topological polar surface area (TPSA) is 39.9 Å². The molecular formula is C14H20ClN3O. The third-order valence-electron chi connectivity index (χ3n) is 3.10. The van der Waals surface area contributed by atoms with Gasteiger partial charge in [-0.15, -0.1) is 11.6 Å². The van der Waals surface area contributed by atoms with Crippen molar-refractivity contribution in [1.82, 2.24) is 14.5 Å². The van der Waals surface area contributed by atoms with Crippen LogP contribution in [0.2, 0.25) is 0 Å². The maximum atomic E-state index is 5.86. The molecule has 104 valence electrons. The third-order valence-corrected chi connectivity index (χ3v) is 3.29. The summed E-state index contributed by atoms with van der Waals surface area (Å²) in [5, 5.41) is 0. The first-order valence-corrected chi connectivity index (χ1v) is 7.16. The molecule has 0 N–H and O–H groups in total. The van der Waals surface area contributed by atoms with Crippen molar-refractivity contribution in [3.05, 3.63) is 23.7 Å². The number of hydrogen-bond donors (Lipinski definition) is 0. The van der Waals surface area contributed by atoms with Crippen LogP contribution in [-0.2, 0) is 17.7 Å². The minimum Gasteiger partial charge on any atom is -0.385 e. The summed E-state index contributed by atoms with van der Waals surface area (Å²) in [6.45, 7) is 3.75. The number of fused-ring (bicyclic) bond motifs is 1. The third kappa shape index (κ3) is 3.45. The van der Waals surface area contributed by atoms with E-state index in [2.05, 4.69) is 20.6 Å². The molecular weight excluding hydrogens is 262 g/mol. The fourth-order valence-electron chi connectivity index (χ4n) is 2.19. The average molecular weight is 282 g/mol. The second-order valence-corrected chi connectivity index (χ2v) is 5.05. The molecule has 0 spiro atoms. The number of methoxy groups -OCH3 is 1. The van der Waals surface area contributed by atoms with Crippen LogP contribution < -0.4 is 0 Å². The molecule has 4 nitrogen and oxygen atoms in total. The van der Waals surface area contributed by atoms with E-state index in [1.165, 1.54) is 0 Å². The van der Waals surface area contributed by atoms with Gasteiger partial charge in [0.25, 0.3) is 0 Å². The predicted molar refractivity (Wildman–Crippen MR) is 77.8 cm³/mol. The Morgan fingerprint density at radius 2 is 2.21 bits per heavy atom. The molecule has 5 heteroatoms. The molecule has 2 aromatic rings. The summed E-state index contributed by atoms with van der Waals surface area (Å²) in [5.74, 6) is 1.61. The Morgan fingerprint density at radius 1 is 1.37 bits per heavy atom. The molecule has 0 unspecified atom stereocenters. The average Bonchev–Trinajstić information content (AvgIpc) is 2.72. The van der Waals surface area contributed by atoms with Crippen LogP contribution in [0.25, 0.3) is 11.2 Å². The number of halogens is 1. The molecule has 0 saturated carbocycles. The van der Waals surface area contributed by atoms with Crippen LogP contribution in [0.5, 0.6) is 0 Å². The first-order chi connectivity index (χ1) is 9.26. The first-order valence-electron chi connectivity index (χ1n) is 6.63. The number of nitrogens with zero attached hydrogens (tertiary/aromatic N) is 3. The number of pyridine rings is 1. The number of aromatic nitrogens is 3. The molecule has 0 aliphatic heterocycles. The predicted octanol–water partition coefficient (Wildman–Crippen LogP) is 2.95. The molecule has 0 bridgehead atoms. The molecule has 2 heterocycles. The van der Waals surface area contributed by atoms with Crippen molar-refractivity contribution in [2.45, 2.75) is 32.7 Å². The molecule has 0 aliphatic carbocycles. The van der Waals surface area contributed by atoms with Crippen molar-refractivity contribution in [2.75, 3.05) is 19.6 Å². The summed E-state index contributed by atoms with van der Waals surface area (Å²) in [7, 11) is 1.73. The van der Waals surface area contributed by atoms with Gasteiger partial charge >= 0.3 is 0 Å². The number of unbranched alkanes of at least 4 members (excludes halogenated alkanes) is 1. The first kappa shape index (κ1) is 14.3. The van der Waals surface area contributed by atoms with Crippen LogP contribution in [0.1, 0.15) is 24.2 Å². The van der Waals surface area contributed by atoms with Gasteiger partial charge in [0, 0.05) is 38.8 Å². The number of rotatable bonds is 7. The highest BCUT2D eigenvalue weighted by Gasteiger charge is 2.11. The zero-order valence-electron chi connectivity index (χ0n) is 11.5. The van der Waals surface area contributed by atoms with E-state index in [0.717, 1.165) is 55.0 Å². The van der Waals surface area contributed by atoms with Crippen molar-refractivity contribution in [3.63, 3.8) is 0 Å². The van der Waals surface area contributed by atoms with E-state index in [1.807, 2.05) is 13.1 Å².